The highest BCUT2D eigenvalue weighted by Gasteiger charge is 2.53. The van der Waals surface area contributed by atoms with Crippen LogP contribution in [0.5, 0.6) is 0 Å². The quantitative estimate of drug-likeness (QED) is 0.778. The topological polar surface area (TPSA) is 12.0 Å². The molecule has 19 heavy (non-hydrogen) atoms. The summed E-state index contributed by atoms with van der Waals surface area (Å²) in [6.45, 7) is 4.87. The second kappa shape index (κ2) is 5.60. The number of nitrogens with one attached hydrogen (secondary N) is 1. The van der Waals surface area contributed by atoms with Crippen LogP contribution in [0.2, 0.25) is 0 Å². The highest BCUT2D eigenvalue weighted by molar-refractivity contribution is 7.98. The molecule has 0 aromatic carbocycles. The van der Waals surface area contributed by atoms with Crippen molar-refractivity contribution in [2.75, 3.05) is 12.0 Å². The first-order valence-electron chi connectivity index (χ1n) is 8.36. The van der Waals surface area contributed by atoms with E-state index in [1.54, 1.807) is 19.3 Å². The molecule has 110 valence electrons. The van der Waals surface area contributed by atoms with Gasteiger partial charge in [-0.1, -0.05) is 0 Å². The molecule has 0 aromatic heterocycles. The predicted octanol–water partition coefficient (Wildman–Crippen LogP) is 4.32. The van der Waals surface area contributed by atoms with Gasteiger partial charge in [-0.05, 0) is 94.0 Å². The Kier molecular flexibility index (Phi) is 4.20. The summed E-state index contributed by atoms with van der Waals surface area (Å²) in [7, 11) is 0. The molecule has 0 heterocycles. The van der Waals surface area contributed by atoms with Crippen molar-refractivity contribution < 1.29 is 0 Å². The molecule has 2 heteroatoms. The zero-order valence-corrected chi connectivity index (χ0v) is 13.8. The van der Waals surface area contributed by atoms with Gasteiger partial charge in [0.25, 0.3) is 0 Å². The predicted molar refractivity (Wildman–Crippen MR) is 85.7 cm³/mol. The first-order valence-corrected chi connectivity index (χ1v) is 9.75. The van der Waals surface area contributed by atoms with Crippen LogP contribution < -0.4 is 5.32 Å². The molecule has 2 atom stereocenters. The maximum Gasteiger partial charge on any atom is 0.00979 e. The summed E-state index contributed by atoms with van der Waals surface area (Å²) in [6, 6.07) is 1.42. The zero-order valence-electron chi connectivity index (χ0n) is 13.0. The standard InChI is InChI=1S/C17H31NS/c1-12(4-5-19-3)18-13(2)17-9-14-6-15(10-17)8-16(7-14)11-17/h12-16,18H,4-11H2,1-3H3. The minimum absolute atomic E-state index is 0.669. The largest absolute Gasteiger partial charge is 0.311 e. The maximum absolute atomic E-state index is 3.96. The Morgan fingerprint density at radius 1 is 1.05 bits per heavy atom. The van der Waals surface area contributed by atoms with Crippen LogP contribution >= 0.6 is 11.8 Å². The third-order valence-electron chi connectivity index (χ3n) is 6.29. The minimum Gasteiger partial charge on any atom is -0.311 e. The zero-order chi connectivity index (χ0) is 13.5. The molecule has 0 saturated heterocycles. The van der Waals surface area contributed by atoms with Gasteiger partial charge in [0.1, 0.15) is 0 Å². The van der Waals surface area contributed by atoms with Crippen molar-refractivity contribution in [1.29, 1.82) is 0 Å². The van der Waals surface area contributed by atoms with Crippen LogP contribution in [0.15, 0.2) is 0 Å². The van der Waals surface area contributed by atoms with Gasteiger partial charge < -0.3 is 5.32 Å². The average molecular weight is 282 g/mol. The summed E-state index contributed by atoms with van der Waals surface area (Å²) >= 11 is 1.98. The Bertz CT molecular complexity index is 279. The fourth-order valence-corrected chi connectivity index (χ4v) is 6.28. The van der Waals surface area contributed by atoms with Gasteiger partial charge in [-0.15, -0.1) is 0 Å². The summed E-state index contributed by atoms with van der Waals surface area (Å²) in [5.74, 6) is 4.54. The summed E-state index contributed by atoms with van der Waals surface area (Å²) < 4.78 is 0. The van der Waals surface area contributed by atoms with Gasteiger partial charge in [0.2, 0.25) is 0 Å². The highest BCUT2D eigenvalue weighted by atomic mass is 32.2. The molecule has 4 saturated carbocycles. The molecule has 4 aliphatic rings. The normalized spacial score (nSPS) is 43.4. The fraction of sp³-hybridized carbons (Fsp3) is 1.00. The van der Waals surface area contributed by atoms with Crippen LogP contribution in [-0.2, 0) is 0 Å². The van der Waals surface area contributed by atoms with Gasteiger partial charge in [-0.3, -0.25) is 0 Å². The molecule has 0 aliphatic heterocycles. The minimum atomic E-state index is 0.669. The summed E-state index contributed by atoms with van der Waals surface area (Å²) in [4.78, 5) is 0. The van der Waals surface area contributed by atoms with Crippen LogP contribution in [0.1, 0.15) is 58.8 Å². The maximum atomic E-state index is 3.96. The lowest BCUT2D eigenvalue weighted by Crippen LogP contribution is -2.56. The number of hydrogen-bond donors (Lipinski definition) is 1. The average Bonchev–Trinajstić information content (AvgIpc) is 2.34. The Labute approximate surface area is 123 Å². The van der Waals surface area contributed by atoms with Crippen molar-refractivity contribution >= 4 is 11.8 Å². The van der Waals surface area contributed by atoms with Crippen molar-refractivity contribution in [1.82, 2.24) is 5.32 Å². The molecule has 4 rings (SSSR count). The molecular weight excluding hydrogens is 250 g/mol. The number of rotatable bonds is 6. The third kappa shape index (κ3) is 2.85. The van der Waals surface area contributed by atoms with Crippen LogP contribution in [0.4, 0.5) is 0 Å². The van der Waals surface area contributed by atoms with Gasteiger partial charge in [-0.2, -0.15) is 11.8 Å². The molecule has 1 nitrogen and oxygen atoms in total. The first-order chi connectivity index (χ1) is 9.11. The van der Waals surface area contributed by atoms with E-state index in [9.17, 15) is 0 Å². The van der Waals surface area contributed by atoms with E-state index in [0.29, 0.717) is 11.5 Å². The second-order valence-corrected chi connectivity index (χ2v) is 8.84. The molecule has 0 spiro atoms. The molecule has 2 unspecified atom stereocenters. The molecule has 4 aliphatic carbocycles. The van der Waals surface area contributed by atoms with E-state index in [1.807, 2.05) is 11.8 Å². The van der Waals surface area contributed by atoms with E-state index in [1.165, 1.54) is 31.4 Å². The summed E-state index contributed by atoms with van der Waals surface area (Å²) in [5.41, 5.74) is 0.669. The molecule has 4 bridgehead atoms. The van der Waals surface area contributed by atoms with Crippen molar-refractivity contribution in [2.24, 2.45) is 23.2 Å². The van der Waals surface area contributed by atoms with Crippen molar-refractivity contribution in [3.8, 4) is 0 Å². The number of thioether (sulfide) groups is 1. The van der Waals surface area contributed by atoms with E-state index in [4.69, 9.17) is 0 Å². The van der Waals surface area contributed by atoms with Crippen LogP contribution in [0.3, 0.4) is 0 Å². The Morgan fingerprint density at radius 2 is 1.58 bits per heavy atom. The lowest BCUT2D eigenvalue weighted by atomic mass is 9.48. The summed E-state index contributed by atoms with van der Waals surface area (Å²) in [5, 5.41) is 3.96. The van der Waals surface area contributed by atoms with Gasteiger partial charge in [-0.25, -0.2) is 0 Å². The van der Waals surface area contributed by atoms with Crippen LogP contribution in [0.25, 0.3) is 0 Å². The SMILES string of the molecule is CSCCC(C)NC(C)C12CC3CC(CC(C3)C1)C2. The Morgan fingerprint density at radius 3 is 2.05 bits per heavy atom. The Balaban J connectivity index is 1.61. The van der Waals surface area contributed by atoms with E-state index in [2.05, 4.69) is 25.4 Å². The molecule has 4 fully saturated rings. The van der Waals surface area contributed by atoms with Gasteiger partial charge in [0.15, 0.2) is 0 Å². The summed E-state index contributed by atoms with van der Waals surface area (Å²) in [6.07, 6.45) is 12.8. The highest BCUT2D eigenvalue weighted by Crippen LogP contribution is 2.61. The smallest absolute Gasteiger partial charge is 0.00979 e. The fourth-order valence-electron chi connectivity index (χ4n) is 5.69. The molecular formula is C17H31NS. The van der Waals surface area contributed by atoms with Crippen molar-refractivity contribution in [3.63, 3.8) is 0 Å². The van der Waals surface area contributed by atoms with Gasteiger partial charge in [0, 0.05) is 12.1 Å². The molecule has 1 N–H and O–H groups in total. The van der Waals surface area contributed by atoms with E-state index in [0.717, 1.165) is 23.8 Å². The molecule has 0 amide bonds. The molecule has 0 aromatic rings. The lowest BCUT2D eigenvalue weighted by Gasteiger charge is -2.59. The van der Waals surface area contributed by atoms with Crippen molar-refractivity contribution in [3.05, 3.63) is 0 Å². The van der Waals surface area contributed by atoms with Crippen LogP contribution in [0, 0.1) is 23.2 Å². The molecule has 0 radical (unpaired) electrons. The first kappa shape index (κ1) is 14.3. The second-order valence-electron chi connectivity index (χ2n) is 7.85. The van der Waals surface area contributed by atoms with Crippen LogP contribution in [-0.4, -0.2) is 24.1 Å². The van der Waals surface area contributed by atoms with E-state index in [-0.39, 0.29) is 0 Å². The van der Waals surface area contributed by atoms with Gasteiger partial charge >= 0.3 is 0 Å². The van der Waals surface area contributed by atoms with E-state index >= 15 is 0 Å². The van der Waals surface area contributed by atoms with Crippen molar-refractivity contribution in [2.45, 2.75) is 70.9 Å². The lowest BCUT2D eigenvalue weighted by molar-refractivity contribution is -0.0718. The van der Waals surface area contributed by atoms with E-state index < -0.39 is 0 Å². The Hall–Kier alpha value is 0.310. The number of hydrogen-bond acceptors (Lipinski definition) is 2. The van der Waals surface area contributed by atoms with Gasteiger partial charge in [0.05, 0.1) is 0 Å². The third-order valence-corrected chi connectivity index (χ3v) is 6.94. The monoisotopic (exact) mass is 281 g/mol.